The highest BCUT2D eigenvalue weighted by molar-refractivity contribution is 7.90. The molecule has 0 saturated heterocycles. The van der Waals surface area contributed by atoms with Crippen molar-refractivity contribution in [3.05, 3.63) is 24.3 Å². The largest absolute Gasteiger partial charge is 0.240 e. The molecule has 1 aromatic carbocycles. The van der Waals surface area contributed by atoms with Crippen molar-refractivity contribution in [3.63, 3.8) is 0 Å². The highest BCUT2D eigenvalue weighted by atomic mass is 32.2. The molecule has 0 aromatic heterocycles. The van der Waals surface area contributed by atoms with Gasteiger partial charge in [-0.25, -0.2) is 21.6 Å². The van der Waals surface area contributed by atoms with Crippen LogP contribution in [0.25, 0.3) is 0 Å². The molecular formula is C12H19NO4S2. The Kier molecular flexibility index (Phi) is 5.51. The van der Waals surface area contributed by atoms with E-state index in [1.54, 1.807) is 0 Å². The van der Waals surface area contributed by atoms with Gasteiger partial charge in [0.2, 0.25) is 10.0 Å². The molecule has 0 bridgehead atoms. The van der Waals surface area contributed by atoms with Crippen molar-refractivity contribution < 1.29 is 16.8 Å². The first kappa shape index (κ1) is 16.1. The molecule has 0 aliphatic rings. The summed E-state index contributed by atoms with van der Waals surface area (Å²) < 4.78 is 48.8. The van der Waals surface area contributed by atoms with Crippen LogP contribution in [0.3, 0.4) is 0 Å². The van der Waals surface area contributed by atoms with Crippen LogP contribution in [0.4, 0.5) is 0 Å². The van der Waals surface area contributed by atoms with Crippen LogP contribution in [0.15, 0.2) is 34.1 Å². The summed E-state index contributed by atoms with van der Waals surface area (Å²) in [7, 11) is -6.85. The van der Waals surface area contributed by atoms with Crippen molar-refractivity contribution in [2.45, 2.75) is 36.0 Å². The molecule has 0 unspecified atom stereocenters. The first-order chi connectivity index (χ1) is 8.77. The zero-order valence-corrected chi connectivity index (χ0v) is 12.7. The number of hydrogen-bond donors (Lipinski definition) is 1. The summed E-state index contributed by atoms with van der Waals surface area (Å²) in [4.78, 5) is 0.189. The van der Waals surface area contributed by atoms with E-state index in [-0.39, 0.29) is 9.79 Å². The number of rotatable bonds is 7. The quantitative estimate of drug-likeness (QED) is 0.775. The van der Waals surface area contributed by atoms with Gasteiger partial charge in [-0.3, -0.25) is 0 Å². The normalized spacial score (nSPS) is 12.5. The van der Waals surface area contributed by atoms with Crippen molar-refractivity contribution in [2.24, 2.45) is 0 Å². The van der Waals surface area contributed by atoms with E-state index in [1.165, 1.54) is 24.3 Å². The average Bonchev–Trinajstić information content (AvgIpc) is 2.34. The fourth-order valence-electron chi connectivity index (χ4n) is 1.53. The molecule has 108 valence electrons. The van der Waals surface area contributed by atoms with Crippen LogP contribution < -0.4 is 4.72 Å². The van der Waals surface area contributed by atoms with Gasteiger partial charge >= 0.3 is 0 Å². The predicted octanol–water partition coefficient (Wildman–Crippen LogP) is 1.56. The van der Waals surface area contributed by atoms with Gasteiger partial charge < -0.3 is 0 Å². The monoisotopic (exact) mass is 305 g/mol. The van der Waals surface area contributed by atoms with Crippen molar-refractivity contribution in [1.82, 2.24) is 4.72 Å². The Hall–Kier alpha value is -0.920. The topological polar surface area (TPSA) is 80.3 Å². The zero-order chi connectivity index (χ0) is 14.5. The van der Waals surface area contributed by atoms with Crippen molar-refractivity contribution in [3.8, 4) is 0 Å². The van der Waals surface area contributed by atoms with Crippen molar-refractivity contribution in [2.75, 3.05) is 12.8 Å². The third-order valence-corrected chi connectivity index (χ3v) is 5.24. The Morgan fingerprint density at radius 1 is 0.947 bits per heavy atom. The van der Waals surface area contributed by atoms with Crippen LogP contribution in [0, 0.1) is 0 Å². The summed E-state index contributed by atoms with van der Waals surface area (Å²) in [6, 6.07) is 5.21. The van der Waals surface area contributed by atoms with Gasteiger partial charge in [0.25, 0.3) is 0 Å². The summed E-state index contributed by atoms with van der Waals surface area (Å²) >= 11 is 0. The second-order valence-electron chi connectivity index (χ2n) is 4.35. The lowest BCUT2D eigenvalue weighted by atomic mass is 10.3. The Morgan fingerprint density at radius 2 is 1.47 bits per heavy atom. The Morgan fingerprint density at radius 3 is 1.95 bits per heavy atom. The summed E-state index contributed by atoms with van der Waals surface area (Å²) in [6.07, 6.45) is 3.86. The number of hydrogen-bond acceptors (Lipinski definition) is 4. The van der Waals surface area contributed by atoms with Crippen LogP contribution in [0.2, 0.25) is 0 Å². The molecule has 7 heteroatoms. The van der Waals surface area contributed by atoms with E-state index in [0.29, 0.717) is 6.54 Å². The molecule has 0 aliphatic carbocycles. The maximum atomic E-state index is 11.9. The molecule has 0 spiro atoms. The first-order valence-corrected chi connectivity index (χ1v) is 9.44. The molecule has 1 aromatic rings. The van der Waals surface area contributed by atoms with Gasteiger partial charge in [-0.2, -0.15) is 0 Å². The smallest absolute Gasteiger partial charge is 0.224 e. The Balaban J connectivity index is 2.80. The Bertz CT molecular complexity index is 604. The van der Waals surface area contributed by atoms with Crippen LogP contribution >= 0.6 is 0 Å². The van der Waals surface area contributed by atoms with E-state index < -0.39 is 19.9 Å². The highest BCUT2D eigenvalue weighted by Crippen LogP contribution is 2.14. The molecule has 5 nitrogen and oxygen atoms in total. The minimum atomic E-state index is -3.55. The summed E-state index contributed by atoms with van der Waals surface area (Å²) in [6.45, 7) is 2.43. The first-order valence-electron chi connectivity index (χ1n) is 6.07. The minimum absolute atomic E-state index is 0.0800. The fraction of sp³-hybridized carbons (Fsp3) is 0.500. The van der Waals surface area contributed by atoms with Crippen molar-refractivity contribution >= 4 is 19.9 Å². The second kappa shape index (κ2) is 6.49. The highest BCUT2D eigenvalue weighted by Gasteiger charge is 2.14. The van der Waals surface area contributed by atoms with Gasteiger partial charge in [0.1, 0.15) is 0 Å². The van der Waals surface area contributed by atoms with E-state index in [2.05, 4.69) is 4.72 Å². The third kappa shape index (κ3) is 4.93. The van der Waals surface area contributed by atoms with Gasteiger partial charge in [-0.1, -0.05) is 19.8 Å². The molecular weight excluding hydrogens is 286 g/mol. The standard InChI is InChI=1S/C12H19NO4S2/c1-3-4-5-10-13-19(16,17)12-8-6-11(7-9-12)18(2,14)15/h6-9,13H,3-5,10H2,1-2H3. The van der Waals surface area contributed by atoms with Gasteiger partial charge in [0.05, 0.1) is 9.79 Å². The third-order valence-electron chi connectivity index (χ3n) is 2.63. The van der Waals surface area contributed by atoms with Crippen LogP contribution in [0.5, 0.6) is 0 Å². The number of sulfone groups is 1. The minimum Gasteiger partial charge on any atom is -0.224 e. The van der Waals surface area contributed by atoms with E-state index in [9.17, 15) is 16.8 Å². The average molecular weight is 305 g/mol. The van der Waals surface area contributed by atoms with E-state index in [0.717, 1.165) is 25.5 Å². The van der Waals surface area contributed by atoms with Crippen LogP contribution in [0.1, 0.15) is 26.2 Å². The lowest BCUT2D eigenvalue weighted by molar-refractivity contribution is 0.575. The summed E-state index contributed by atoms with van der Waals surface area (Å²) in [5, 5.41) is 0. The molecule has 0 radical (unpaired) electrons. The zero-order valence-electron chi connectivity index (χ0n) is 11.1. The number of unbranched alkanes of at least 4 members (excludes halogenated alkanes) is 2. The maximum Gasteiger partial charge on any atom is 0.240 e. The molecule has 0 fully saturated rings. The molecule has 1 rings (SSSR count). The fourth-order valence-corrected chi connectivity index (χ4v) is 3.24. The lowest BCUT2D eigenvalue weighted by Gasteiger charge is -2.07. The molecule has 0 atom stereocenters. The molecule has 1 N–H and O–H groups in total. The predicted molar refractivity (Wildman–Crippen MR) is 74.3 cm³/mol. The van der Waals surface area contributed by atoms with E-state index in [4.69, 9.17) is 0 Å². The number of sulfonamides is 1. The molecule has 0 aliphatic heterocycles. The lowest BCUT2D eigenvalue weighted by Crippen LogP contribution is -2.24. The Labute approximate surface area is 115 Å². The molecule has 0 heterocycles. The van der Waals surface area contributed by atoms with E-state index >= 15 is 0 Å². The SMILES string of the molecule is CCCCCNS(=O)(=O)c1ccc(S(C)(=O)=O)cc1. The maximum absolute atomic E-state index is 11.9. The van der Waals surface area contributed by atoms with Gasteiger partial charge in [0.15, 0.2) is 9.84 Å². The molecule has 19 heavy (non-hydrogen) atoms. The van der Waals surface area contributed by atoms with Crippen LogP contribution in [-0.2, 0) is 19.9 Å². The molecule has 0 saturated carbocycles. The van der Waals surface area contributed by atoms with Gasteiger partial charge in [0, 0.05) is 12.8 Å². The van der Waals surface area contributed by atoms with E-state index in [1.807, 2.05) is 6.92 Å². The second-order valence-corrected chi connectivity index (χ2v) is 8.13. The van der Waals surface area contributed by atoms with Crippen LogP contribution in [-0.4, -0.2) is 29.6 Å². The number of benzene rings is 1. The van der Waals surface area contributed by atoms with Crippen molar-refractivity contribution in [1.29, 1.82) is 0 Å². The molecule has 0 amide bonds. The number of nitrogens with one attached hydrogen (secondary N) is 1. The van der Waals surface area contributed by atoms with Gasteiger partial charge in [-0.15, -0.1) is 0 Å². The summed E-state index contributed by atoms with van der Waals surface area (Å²) in [5.74, 6) is 0. The van der Waals surface area contributed by atoms with Gasteiger partial charge in [-0.05, 0) is 30.7 Å². The summed E-state index contributed by atoms with van der Waals surface area (Å²) in [5.41, 5.74) is 0.